The number of rotatable bonds is 12. The molecule has 12 heteroatoms. The van der Waals surface area contributed by atoms with Gasteiger partial charge >= 0.3 is 5.97 Å². The highest BCUT2D eigenvalue weighted by Gasteiger charge is 2.35. The lowest BCUT2D eigenvalue weighted by molar-refractivity contribution is -0.162. The SMILES string of the molecule is CCOC(=O)[C@@H](OC1C=CC(CNC(=O)[C@@H]2SCCN2C(=O)C[C@H](N)Cc2cc(F)c(F)cc2F)=CC1)C(C)C. The van der Waals surface area contributed by atoms with Crippen LogP contribution in [-0.4, -0.2) is 71.8 Å². The van der Waals surface area contributed by atoms with Crippen LogP contribution in [0.25, 0.3) is 0 Å². The Labute approximate surface area is 236 Å². The third-order valence-corrected chi connectivity index (χ3v) is 7.70. The molecule has 1 fully saturated rings. The van der Waals surface area contributed by atoms with Crippen LogP contribution in [0.1, 0.15) is 39.2 Å². The van der Waals surface area contributed by atoms with Crippen LogP contribution in [0.4, 0.5) is 13.2 Å². The van der Waals surface area contributed by atoms with Crippen molar-refractivity contribution >= 4 is 29.5 Å². The second-order valence-corrected chi connectivity index (χ2v) is 11.2. The van der Waals surface area contributed by atoms with E-state index >= 15 is 0 Å². The molecule has 2 aliphatic rings. The van der Waals surface area contributed by atoms with Crippen molar-refractivity contribution < 1.29 is 37.0 Å². The first-order valence-corrected chi connectivity index (χ1v) is 14.3. The summed E-state index contributed by atoms with van der Waals surface area (Å²) in [6, 6.07) is 0.350. The smallest absolute Gasteiger partial charge is 0.335 e. The molecule has 1 aliphatic heterocycles. The second-order valence-electron chi connectivity index (χ2n) is 10.0. The van der Waals surface area contributed by atoms with Crippen molar-refractivity contribution in [1.82, 2.24) is 10.2 Å². The molecule has 0 radical (unpaired) electrons. The number of nitrogens with zero attached hydrogens (tertiary/aromatic N) is 1. The second kappa shape index (κ2) is 14.7. The Hall–Kier alpha value is -2.83. The zero-order chi connectivity index (χ0) is 29.4. The molecule has 1 unspecified atom stereocenters. The first-order chi connectivity index (χ1) is 19.0. The highest BCUT2D eigenvalue weighted by atomic mass is 32.2. The Morgan fingerprint density at radius 2 is 1.90 bits per heavy atom. The first kappa shape index (κ1) is 31.7. The highest BCUT2D eigenvalue weighted by molar-refractivity contribution is 8.00. The Kier molecular flexibility index (Phi) is 11.6. The largest absolute Gasteiger partial charge is 0.464 e. The van der Waals surface area contributed by atoms with E-state index in [-0.39, 0.29) is 55.4 Å². The van der Waals surface area contributed by atoms with Crippen LogP contribution < -0.4 is 11.1 Å². The van der Waals surface area contributed by atoms with Gasteiger partial charge in [-0.2, -0.15) is 0 Å². The normalized spacial score (nSPS) is 20.3. The molecule has 2 amide bonds. The van der Waals surface area contributed by atoms with E-state index in [4.69, 9.17) is 15.2 Å². The number of nitrogens with two attached hydrogens (primary N) is 1. The lowest BCUT2D eigenvalue weighted by Crippen LogP contribution is -2.46. The van der Waals surface area contributed by atoms with Crippen LogP contribution in [0, 0.1) is 23.4 Å². The minimum Gasteiger partial charge on any atom is -0.464 e. The van der Waals surface area contributed by atoms with Gasteiger partial charge in [0.15, 0.2) is 23.1 Å². The molecule has 0 saturated carbocycles. The molecule has 1 aliphatic carbocycles. The van der Waals surface area contributed by atoms with Crippen molar-refractivity contribution in [2.24, 2.45) is 11.7 Å². The average Bonchev–Trinajstić information content (AvgIpc) is 3.40. The maximum atomic E-state index is 14.0. The van der Waals surface area contributed by atoms with Crippen molar-refractivity contribution in [2.75, 3.05) is 25.4 Å². The third kappa shape index (κ3) is 8.58. The predicted octanol–water partition coefficient (Wildman–Crippen LogP) is 3.24. The topological polar surface area (TPSA) is 111 Å². The van der Waals surface area contributed by atoms with Gasteiger partial charge in [0.25, 0.3) is 5.91 Å². The predicted molar refractivity (Wildman–Crippen MR) is 146 cm³/mol. The van der Waals surface area contributed by atoms with Gasteiger partial charge in [0.2, 0.25) is 5.91 Å². The molecule has 0 aromatic heterocycles. The molecule has 1 aromatic carbocycles. The standard InChI is InChI=1S/C28H36F3N3O5S/c1-4-38-28(37)25(16(2)3)39-20-7-5-17(6-8-20)15-33-26(36)27-34(9-10-40-27)24(35)13-19(32)11-18-12-22(30)23(31)14-21(18)29/h5-7,12,14,16,19-20,25,27H,4,8-11,13,15,32H2,1-3H3,(H,33,36)/t19-,20?,25+,27+/m1/s1. The Morgan fingerprint density at radius 3 is 2.55 bits per heavy atom. The minimum atomic E-state index is -1.30. The fourth-order valence-electron chi connectivity index (χ4n) is 4.41. The van der Waals surface area contributed by atoms with Gasteiger partial charge in [-0.25, -0.2) is 18.0 Å². The summed E-state index contributed by atoms with van der Waals surface area (Å²) < 4.78 is 51.7. The molecular weight excluding hydrogens is 547 g/mol. The molecule has 0 spiro atoms. The summed E-state index contributed by atoms with van der Waals surface area (Å²) in [5.41, 5.74) is 6.75. The van der Waals surface area contributed by atoms with Crippen LogP contribution in [0.2, 0.25) is 0 Å². The van der Waals surface area contributed by atoms with Crippen molar-refractivity contribution in [1.29, 1.82) is 0 Å². The van der Waals surface area contributed by atoms with Crippen molar-refractivity contribution in [3.8, 4) is 0 Å². The lowest BCUT2D eigenvalue weighted by atomic mass is 10.0. The van der Waals surface area contributed by atoms with Crippen LogP contribution in [0.3, 0.4) is 0 Å². The number of carbonyl (C=O) groups excluding carboxylic acids is 3. The van der Waals surface area contributed by atoms with Gasteiger partial charge in [-0.15, -0.1) is 11.8 Å². The quantitative estimate of drug-likeness (QED) is 0.287. The fraction of sp³-hybridized carbons (Fsp3) is 0.536. The number of nitrogens with one attached hydrogen (secondary N) is 1. The summed E-state index contributed by atoms with van der Waals surface area (Å²) in [5.74, 6) is -3.99. The van der Waals surface area contributed by atoms with Gasteiger partial charge in [0.1, 0.15) is 5.82 Å². The molecule has 3 N–H and O–H groups in total. The number of halogens is 3. The molecule has 0 bridgehead atoms. The number of hydrogen-bond acceptors (Lipinski definition) is 7. The summed E-state index contributed by atoms with van der Waals surface area (Å²) in [7, 11) is 0. The molecule has 40 heavy (non-hydrogen) atoms. The van der Waals surface area contributed by atoms with Gasteiger partial charge in [-0.05, 0) is 42.9 Å². The van der Waals surface area contributed by atoms with E-state index in [0.29, 0.717) is 24.8 Å². The number of carbonyl (C=O) groups is 3. The molecule has 1 heterocycles. The average molecular weight is 584 g/mol. The van der Waals surface area contributed by atoms with Crippen molar-refractivity contribution in [3.63, 3.8) is 0 Å². The number of amides is 2. The number of benzene rings is 1. The minimum absolute atomic E-state index is 0.0479. The van der Waals surface area contributed by atoms with Crippen LogP contribution in [-0.2, 0) is 30.3 Å². The zero-order valence-corrected chi connectivity index (χ0v) is 23.6. The lowest BCUT2D eigenvalue weighted by Gasteiger charge is -2.26. The molecule has 1 saturated heterocycles. The van der Waals surface area contributed by atoms with E-state index in [2.05, 4.69) is 5.32 Å². The number of esters is 1. The highest BCUT2D eigenvalue weighted by Crippen LogP contribution is 2.26. The first-order valence-electron chi connectivity index (χ1n) is 13.3. The number of thioether (sulfide) groups is 1. The van der Waals surface area contributed by atoms with Crippen molar-refractivity contribution in [2.45, 2.75) is 63.7 Å². The summed E-state index contributed by atoms with van der Waals surface area (Å²) in [6.45, 7) is 6.41. The van der Waals surface area contributed by atoms with Gasteiger partial charge < -0.3 is 25.4 Å². The van der Waals surface area contributed by atoms with Gasteiger partial charge in [0.05, 0.1) is 12.7 Å². The monoisotopic (exact) mass is 583 g/mol. The Morgan fingerprint density at radius 1 is 1.18 bits per heavy atom. The fourth-order valence-corrected chi connectivity index (χ4v) is 5.57. The summed E-state index contributed by atoms with van der Waals surface area (Å²) in [5, 5.41) is 2.12. The van der Waals surface area contributed by atoms with E-state index in [9.17, 15) is 27.6 Å². The summed E-state index contributed by atoms with van der Waals surface area (Å²) >= 11 is 1.33. The molecule has 3 rings (SSSR count). The van der Waals surface area contributed by atoms with Crippen LogP contribution >= 0.6 is 11.8 Å². The molecular formula is C28H36F3N3O5S. The van der Waals surface area contributed by atoms with Crippen LogP contribution in [0.5, 0.6) is 0 Å². The Balaban J connectivity index is 1.48. The van der Waals surface area contributed by atoms with E-state index in [1.54, 1.807) is 6.92 Å². The molecule has 8 nitrogen and oxygen atoms in total. The van der Waals surface area contributed by atoms with Gasteiger partial charge in [-0.1, -0.05) is 32.1 Å². The van der Waals surface area contributed by atoms with Gasteiger partial charge in [0, 0.05) is 37.4 Å². The maximum Gasteiger partial charge on any atom is 0.335 e. The number of hydrogen-bond donors (Lipinski definition) is 2. The summed E-state index contributed by atoms with van der Waals surface area (Å²) in [6.07, 6.45) is 4.83. The van der Waals surface area contributed by atoms with Gasteiger partial charge in [-0.3, -0.25) is 9.59 Å². The Bertz CT molecular complexity index is 1150. The maximum absolute atomic E-state index is 14.0. The number of ether oxygens (including phenoxy) is 2. The van der Waals surface area contributed by atoms with E-state index in [1.807, 2.05) is 32.1 Å². The summed E-state index contributed by atoms with van der Waals surface area (Å²) in [4.78, 5) is 39.4. The van der Waals surface area contributed by atoms with Crippen molar-refractivity contribution in [3.05, 3.63) is 58.9 Å². The van der Waals surface area contributed by atoms with E-state index in [0.717, 1.165) is 11.6 Å². The molecule has 220 valence electrons. The van der Waals surface area contributed by atoms with Crippen LogP contribution in [0.15, 0.2) is 35.9 Å². The van der Waals surface area contributed by atoms with E-state index < -0.39 is 40.9 Å². The van der Waals surface area contributed by atoms with E-state index in [1.165, 1.54) is 16.7 Å². The molecule has 4 atom stereocenters. The zero-order valence-electron chi connectivity index (χ0n) is 22.8. The molecule has 1 aromatic rings. The third-order valence-electron chi connectivity index (χ3n) is 6.49.